The number of ketones is 1. The Morgan fingerprint density at radius 1 is 1.15 bits per heavy atom. The molecule has 208 valence electrons. The normalized spacial score (nSPS) is 11.0. The number of benzene rings is 2. The molecule has 0 saturated carbocycles. The second-order valence-electron chi connectivity index (χ2n) is 9.56. The predicted molar refractivity (Wildman–Crippen MR) is 154 cm³/mol. The van der Waals surface area contributed by atoms with Gasteiger partial charge in [0.2, 0.25) is 11.7 Å². The number of nitrogens with one attached hydrogen (secondary N) is 2. The Kier molecular flexibility index (Phi) is 8.89. The Morgan fingerprint density at radius 2 is 1.90 bits per heavy atom. The van der Waals surface area contributed by atoms with E-state index in [-0.39, 0.29) is 29.2 Å². The molecule has 0 radical (unpaired) electrons. The van der Waals surface area contributed by atoms with Gasteiger partial charge in [-0.15, -0.1) is 0 Å². The van der Waals surface area contributed by atoms with Gasteiger partial charge in [0.05, 0.1) is 19.7 Å². The molecule has 0 unspecified atom stereocenters. The number of carbonyl (C=O) groups excluding carboxylic acids is 1. The van der Waals surface area contributed by atoms with Crippen LogP contribution < -0.4 is 21.3 Å². The molecular formula is C31H28FN5O4. The molecule has 4 aromatic rings. The summed E-state index contributed by atoms with van der Waals surface area (Å²) in [5.74, 6) is -0.769. The number of carbonyl (C=O) groups is 1. The van der Waals surface area contributed by atoms with Gasteiger partial charge < -0.3 is 10.1 Å². The largest absolute Gasteiger partial charge is 0.497 e. The highest BCUT2D eigenvalue weighted by Crippen LogP contribution is 2.21. The van der Waals surface area contributed by atoms with Crippen LogP contribution in [-0.2, 0) is 13.1 Å². The number of aromatic amines is 1. The zero-order valence-electron chi connectivity index (χ0n) is 22.8. The van der Waals surface area contributed by atoms with Crippen LogP contribution in [0.3, 0.4) is 0 Å². The number of allylic oxidation sites excluding steroid dienone is 1. The van der Waals surface area contributed by atoms with Crippen molar-refractivity contribution in [2.24, 2.45) is 0 Å². The lowest BCUT2D eigenvalue weighted by atomic mass is 9.96. The number of pyridine rings is 1. The van der Waals surface area contributed by atoms with Crippen LogP contribution in [-0.4, -0.2) is 27.4 Å². The summed E-state index contributed by atoms with van der Waals surface area (Å²) in [5.41, 5.74) is 0.704. The average molecular weight is 554 g/mol. The lowest BCUT2D eigenvalue weighted by molar-refractivity contribution is 0.102. The minimum Gasteiger partial charge on any atom is -0.497 e. The summed E-state index contributed by atoms with van der Waals surface area (Å²) in [5, 5.41) is 11.9. The number of nitrogens with zero attached hydrogens (tertiary/aromatic N) is 3. The first-order valence-corrected chi connectivity index (χ1v) is 12.8. The molecule has 0 bridgehead atoms. The number of nitriles is 1. The van der Waals surface area contributed by atoms with Crippen molar-refractivity contribution in [3.05, 3.63) is 127 Å². The van der Waals surface area contributed by atoms with E-state index in [9.17, 15) is 18.8 Å². The van der Waals surface area contributed by atoms with Crippen LogP contribution in [0.2, 0.25) is 0 Å². The molecule has 0 saturated heterocycles. The number of aromatic nitrogens is 3. The van der Waals surface area contributed by atoms with Crippen LogP contribution in [0, 0.1) is 17.3 Å². The number of hydrogen-bond donors (Lipinski definition) is 2. The van der Waals surface area contributed by atoms with E-state index in [4.69, 9.17) is 10.00 Å². The molecule has 0 fully saturated rings. The fraction of sp³-hybridized carbons (Fsp3) is 0.194. The fourth-order valence-electron chi connectivity index (χ4n) is 4.42. The van der Waals surface area contributed by atoms with Crippen molar-refractivity contribution in [3.8, 4) is 11.8 Å². The molecule has 2 N–H and O–H groups in total. The Morgan fingerprint density at radius 3 is 2.59 bits per heavy atom. The number of ether oxygens (including phenoxy) is 1. The molecular weight excluding hydrogens is 525 g/mol. The quantitative estimate of drug-likeness (QED) is 0.166. The van der Waals surface area contributed by atoms with Crippen molar-refractivity contribution in [2.45, 2.75) is 32.9 Å². The molecule has 0 aliphatic rings. The molecule has 0 amide bonds. The predicted octanol–water partition coefficient (Wildman–Crippen LogP) is 4.63. The van der Waals surface area contributed by atoms with Crippen molar-refractivity contribution < 1.29 is 13.9 Å². The second kappa shape index (κ2) is 12.7. The minimum absolute atomic E-state index is 0.0832. The Hall–Kier alpha value is -5.30. The first-order chi connectivity index (χ1) is 19.7. The van der Waals surface area contributed by atoms with E-state index in [0.29, 0.717) is 23.4 Å². The number of hydrogen-bond acceptors (Lipinski definition) is 7. The highest BCUT2D eigenvalue weighted by atomic mass is 19.1. The van der Waals surface area contributed by atoms with E-state index < -0.39 is 28.9 Å². The number of rotatable bonds is 10. The van der Waals surface area contributed by atoms with Gasteiger partial charge in [0.25, 0.3) is 5.56 Å². The van der Waals surface area contributed by atoms with Gasteiger partial charge in [-0.1, -0.05) is 44.2 Å². The number of H-pyrrole nitrogens is 1. The van der Waals surface area contributed by atoms with Crippen LogP contribution in [0.1, 0.15) is 58.1 Å². The number of anilines is 1. The Bertz CT molecular complexity index is 1770. The van der Waals surface area contributed by atoms with E-state index in [1.165, 1.54) is 12.1 Å². The third-order valence-corrected chi connectivity index (χ3v) is 6.35. The molecule has 4 rings (SSSR count). The van der Waals surface area contributed by atoms with Gasteiger partial charge >= 0.3 is 5.69 Å². The van der Waals surface area contributed by atoms with Crippen LogP contribution >= 0.6 is 0 Å². The van der Waals surface area contributed by atoms with Crippen LogP contribution in [0.25, 0.3) is 6.08 Å². The van der Waals surface area contributed by atoms with Crippen molar-refractivity contribution >= 4 is 17.7 Å². The average Bonchev–Trinajstić information content (AvgIpc) is 2.95. The van der Waals surface area contributed by atoms with Crippen molar-refractivity contribution in [2.75, 3.05) is 12.4 Å². The first-order valence-electron chi connectivity index (χ1n) is 12.8. The maximum absolute atomic E-state index is 14.6. The van der Waals surface area contributed by atoms with Crippen molar-refractivity contribution in [3.63, 3.8) is 0 Å². The summed E-state index contributed by atoms with van der Waals surface area (Å²) in [6.07, 6.45) is 2.83. The maximum atomic E-state index is 14.6. The molecule has 41 heavy (non-hydrogen) atoms. The van der Waals surface area contributed by atoms with E-state index in [1.807, 2.05) is 30.3 Å². The number of methoxy groups -OCH3 is 1. The summed E-state index contributed by atoms with van der Waals surface area (Å²) in [6, 6.07) is 18.5. The van der Waals surface area contributed by atoms with Gasteiger partial charge in [0.1, 0.15) is 17.3 Å². The highest BCUT2D eigenvalue weighted by Gasteiger charge is 2.25. The molecule has 0 aliphatic carbocycles. The fourth-order valence-corrected chi connectivity index (χ4v) is 4.42. The van der Waals surface area contributed by atoms with Gasteiger partial charge in [-0.2, -0.15) is 9.65 Å². The zero-order valence-corrected chi connectivity index (χ0v) is 22.8. The van der Waals surface area contributed by atoms with E-state index >= 15 is 0 Å². The summed E-state index contributed by atoms with van der Waals surface area (Å²) in [4.78, 5) is 46.0. The molecule has 10 heteroatoms. The molecule has 0 aliphatic heterocycles. The van der Waals surface area contributed by atoms with Crippen molar-refractivity contribution in [1.29, 1.82) is 5.26 Å². The van der Waals surface area contributed by atoms with Crippen LogP contribution in [0.5, 0.6) is 5.75 Å². The van der Waals surface area contributed by atoms with Gasteiger partial charge in [-0.25, -0.2) is 9.78 Å². The minimum atomic E-state index is -0.798. The zero-order chi connectivity index (χ0) is 29.5. The van der Waals surface area contributed by atoms with E-state index in [1.54, 1.807) is 57.4 Å². The smallest absolute Gasteiger partial charge is 0.329 e. The molecule has 2 heterocycles. The molecule has 9 nitrogen and oxygen atoms in total. The lowest BCUT2D eigenvalue weighted by Crippen LogP contribution is -2.38. The van der Waals surface area contributed by atoms with Gasteiger partial charge in [0.15, 0.2) is 0 Å². The lowest BCUT2D eigenvalue weighted by Gasteiger charge is -2.18. The monoisotopic (exact) mass is 553 g/mol. The molecule has 0 atom stereocenters. The molecule has 2 aromatic heterocycles. The third-order valence-electron chi connectivity index (χ3n) is 6.35. The third kappa shape index (κ3) is 6.83. The summed E-state index contributed by atoms with van der Waals surface area (Å²) in [6.45, 7) is 3.66. The summed E-state index contributed by atoms with van der Waals surface area (Å²) in [7, 11) is 1.58. The van der Waals surface area contributed by atoms with Gasteiger partial charge in [-0.05, 0) is 59.0 Å². The number of halogens is 1. The second-order valence-corrected chi connectivity index (χ2v) is 9.56. The van der Waals surface area contributed by atoms with Crippen molar-refractivity contribution in [1.82, 2.24) is 14.5 Å². The van der Waals surface area contributed by atoms with Crippen LogP contribution in [0.4, 0.5) is 10.2 Å². The molecule has 2 aromatic carbocycles. The maximum Gasteiger partial charge on any atom is 0.329 e. The van der Waals surface area contributed by atoms with E-state index in [0.717, 1.165) is 10.1 Å². The topological polar surface area (TPSA) is 130 Å². The van der Waals surface area contributed by atoms with Gasteiger partial charge in [-0.3, -0.25) is 19.1 Å². The Balaban J connectivity index is 1.73. The molecule has 0 spiro atoms. The summed E-state index contributed by atoms with van der Waals surface area (Å²) >= 11 is 0. The van der Waals surface area contributed by atoms with Crippen LogP contribution in [0.15, 0.2) is 76.3 Å². The van der Waals surface area contributed by atoms with E-state index in [2.05, 4.69) is 15.3 Å². The Labute approximate surface area is 235 Å². The SMILES string of the molecule is COc1ccc(CNc2cc(Cn3c(C(=O)c4cccc(C=CC#N)c4)c(C(C)C)c(=O)[nH]c3=O)cc(F)n2)cc1. The first kappa shape index (κ1) is 28.7. The standard InChI is InChI=1S/C31H28FN5O4/c1-19(2)27-28(29(38)23-8-4-6-20(14-23)7-5-13-33)37(31(40)36-30(27)39)18-22-15-25(32)35-26(16-22)34-17-21-9-11-24(41-3)12-10-21/h4-12,14-16,19H,17-18H2,1-3H3,(H,34,35)(H,36,39,40). The highest BCUT2D eigenvalue weighted by molar-refractivity contribution is 6.09. The van der Waals surface area contributed by atoms with Gasteiger partial charge in [0, 0.05) is 23.7 Å². The summed E-state index contributed by atoms with van der Waals surface area (Å²) < 4.78 is 20.9.